The van der Waals surface area contributed by atoms with Gasteiger partial charge in [-0.25, -0.2) is 0 Å². The normalized spacial score (nSPS) is 31.5. The van der Waals surface area contributed by atoms with Crippen molar-refractivity contribution in [2.75, 3.05) is 0 Å². The molecular weight excluding hydrogens is 230 g/mol. The van der Waals surface area contributed by atoms with Gasteiger partial charge in [-0.2, -0.15) is 11.8 Å². The van der Waals surface area contributed by atoms with E-state index in [-0.39, 0.29) is 11.7 Å². The average molecular weight is 247 g/mol. The average Bonchev–Trinajstić information content (AvgIpc) is 2.68. The van der Waals surface area contributed by atoms with Crippen molar-refractivity contribution in [2.24, 2.45) is 5.92 Å². The molecule has 2 saturated heterocycles. The molecule has 2 atom stereocenters. The highest BCUT2D eigenvalue weighted by atomic mass is 32.2. The molecule has 2 bridgehead atoms. The van der Waals surface area contributed by atoms with Crippen molar-refractivity contribution >= 4 is 17.5 Å². The van der Waals surface area contributed by atoms with Crippen LogP contribution in [-0.2, 0) is 0 Å². The van der Waals surface area contributed by atoms with Crippen molar-refractivity contribution in [2.45, 2.75) is 43.1 Å². The van der Waals surface area contributed by atoms with Gasteiger partial charge in [0, 0.05) is 22.6 Å². The van der Waals surface area contributed by atoms with E-state index in [1.807, 2.05) is 19.1 Å². The molecule has 3 heterocycles. The molecule has 0 aromatic carbocycles. The molecule has 0 radical (unpaired) electrons. The zero-order valence-electron chi connectivity index (χ0n) is 10.1. The van der Waals surface area contributed by atoms with Gasteiger partial charge in [0.2, 0.25) is 0 Å². The quantitative estimate of drug-likeness (QED) is 0.751. The highest BCUT2D eigenvalue weighted by Gasteiger charge is 2.38. The molecule has 2 nitrogen and oxygen atoms in total. The van der Waals surface area contributed by atoms with E-state index in [2.05, 4.69) is 16.7 Å². The molecule has 2 fully saturated rings. The van der Waals surface area contributed by atoms with Crippen LogP contribution in [0, 0.1) is 12.8 Å². The molecule has 3 heteroatoms. The fraction of sp³-hybridized carbons (Fsp3) is 0.571. The number of thioether (sulfide) groups is 1. The van der Waals surface area contributed by atoms with Gasteiger partial charge in [0.1, 0.15) is 5.69 Å². The lowest BCUT2D eigenvalue weighted by molar-refractivity contribution is 0.0901. The summed E-state index contributed by atoms with van der Waals surface area (Å²) in [5.41, 5.74) is 1.71. The zero-order chi connectivity index (χ0) is 11.8. The number of fused-ring (bicyclic) bond motifs is 2. The Kier molecular flexibility index (Phi) is 2.95. The topological polar surface area (TPSA) is 30.0 Å². The minimum absolute atomic E-state index is 0.224. The fourth-order valence-electron chi connectivity index (χ4n) is 3.01. The zero-order valence-corrected chi connectivity index (χ0v) is 10.9. The third-order valence-electron chi connectivity index (χ3n) is 3.90. The summed E-state index contributed by atoms with van der Waals surface area (Å²) in [5, 5.41) is 1.46. The van der Waals surface area contributed by atoms with Gasteiger partial charge < -0.3 is 0 Å². The van der Waals surface area contributed by atoms with Crippen molar-refractivity contribution in [1.82, 2.24) is 4.98 Å². The molecule has 3 rings (SSSR count). The fourth-order valence-corrected chi connectivity index (χ4v) is 4.78. The molecule has 2 aliphatic rings. The van der Waals surface area contributed by atoms with Gasteiger partial charge in [0.05, 0.1) is 0 Å². The van der Waals surface area contributed by atoms with Crippen LogP contribution in [0.1, 0.15) is 41.7 Å². The molecule has 0 amide bonds. The minimum atomic E-state index is 0.224. The molecule has 17 heavy (non-hydrogen) atoms. The first-order valence-corrected chi connectivity index (χ1v) is 7.29. The summed E-state index contributed by atoms with van der Waals surface area (Å²) >= 11 is 2.10. The van der Waals surface area contributed by atoms with E-state index in [0.29, 0.717) is 5.69 Å². The molecule has 1 aromatic rings. The largest absolute Gasteiger partial charge is 0.292 e. The number of hydrogen-bond donors (Lipinski definition) is 0. The lowest BCUT2D eigenvalue weighted by Crippen LogP contribution is -2.25. The van der Waals surface area contributed by atoms with Crippen molar-refractivity contribution in [1.29, 1.82) is 0 Å². The summed E-state index contributed by atoms with van der Waals surface area (Å²) in [6.45, 7) is 1.98. The predicted octanol–water partition coefficient (Wildman–Crippen LogP) is 3.25. The van der Waals surface area contributed by atoms with Crippen molar-refractivity contribution < 1.29 is 4.79 Å². The van der Waals surface area contributed by atoms with Gasteiger partial charge in [-0.05, 0) is 44.2 Å². The van der Waals surface area contributed by atoms with Crippen LogP contribution in [0.25, 0.3) is 0 Å². The van der Waals surface area contributed by atoms with Gasteiger partial charge in [0.15, 0.2) is 5.78 Å². The third kappa shape index (κ3) is 2.13. The first-order chi connectivity index (χ1) is 8.24. The minimum Gasteiger partial charge on any atom is -0.292 e. The SMILES string of the molecule is Cc1cccnc1C(=O)C1CC2CCC(C1)S2. The number of ketones is 1. The Hall–Kier alpha value is -0.830. The highest BCUT2D eigenvalue weighted by molar-refractivity contribution is 8.00. The van der Waals surface area contributed by atoms with Gasteiger partial charge in [0.25, 0.3) is 0 Å². The van der Waals surface area contributed by atoms with E-state index < -0.39 is 0 Å². The molecule has 0 spiro atoms. The van der Waals surface area contributed by atoms with Crippen LogP contribution in [0.3, 0.4) is 0 Å². The number of carbonyl (C=O) groups is 1. The maximum Gasteiger partial charge on any atom is 0.184 e. The second kappa shape index (κ2) is 4.45. The molecule has 0 saturated carbocycles. The Morgan fingerprint density at radius 1 is 1.35 bits per heavy atom. The Morgan fingerprint density at radius 3 is 2.71 bits per heavy atom. The second-order valence-corrected chi connectivity index (χ2v) is 6.76. The van der Waals surface area contributed by atoms with Crippen LogP contribution in [0.5, 0.6) is 0 Å². The number of hydrogen-bond acceptors (Lipinski definition) is 3. The lowest BCUT2D eigenvalue weighted by Gasteiger charge is -2.26. The standard InChI is InChI=1S/C14H17NOS/c1-9-3-2-6-15-13(9)14(16)10-7-11-4-5-12(8-10)17-11/h2-3,6,10-12H,4-5,7-8H2,1H3. The van der Waals surface area contributed by atoms with E-state index in [4.69, 9.17) is 0 Å². The number of nitrogens with zero attached hydrogens (tertiary/aromatic N) is 1. The van der Waals surface area contributed by atoms with Crippen molar-refractivity contribution in [3.8, 4) is 0 Å². The van der Waals surface area contributed by atoms with Crippen LogP contribution in [0.15, 0.2) is 18.3 Å². The number of aromatic nitrogens is 1. The first-order valence-electron chi connectivity index (χ1n) is 6.35. The Labute approximate surface area is 106 Å². The van der Waals surface area contributed by atoms with Crippen LogP contribution in [-0.4, -0.2) is 21.3 Å². The van der Waals surface area contributed by atoms with Gasteiger partial charge in [-0.1, -0.05) is 6.07 Å². The van der Waals surface area contributed by atoms with E-state index in [9.17, 15) is 4.79 Å². The first kappa shape index (κ1) is 11.3. The Balaban J connectivity index is 1.81. The van der Waals surface area contributed by atoms with E-state index in [0.717, 1.165) is 28.9 Å². The molecule has 0 N–H and O–H groups in total. The van der Waals surface area contributed by atoms with Crippen LogP contribution >= 0.6 is 11.8 Å². The monoisotopic (exact) mass is 247 g/mol. The number of rotatable bonds is 2. The van der Waals surface area contributed by atoms with E-state index in [1.165, 1.54) is 12.8 Å². The van der Waals surface area contributed by atoms with Gasteiger partial charge in [-0.15, -0.1) is 0 Å². The number of Topliss-reactive ketones (excluding diaryl/α,β-unsaturated/α-hetero) is 1. The maximum absolute atomic E-state index is 12.5. The lowest BCUT2D eigenvalue weighted by atomic mass is 9.91. The summed E-state index contributed by atoms with van der Waals surface area (Å²) in [4.78, 5) is 16.7. The summed E-state index contributed by atoms with van der Waals surface area (Å²) in [5.74, 6) is 0.502. The van der Waals surface area contributed by atoms with Crippen molar-refractivity contribution in [3.05, 3.63) is 29.6 Å². The predicted molar refractivity (Wildman–Crippen MR) is 70.4 cm³/mol. The molecule has 2 unspecified atom stereocenters. The van der Waals surface area contributed by atoms with Crippen LogP contribution in [0.2, 0.25) is 0 Å². The molecule has 2 aliphatic heterocycles. The maximum atomic E-state index is 12.5. The van der Waals surface area contributed by atoms with Gasteiger partial charge >= 0.3 is 0 Å². The Bertz CT molecular complexity index is 434. The number of aryl methyl sites for hydroxylation is 1. The summed E-state index contributed by atoms with van der Waals surface area (Å²) < 4.78 is 0. The Morgan fingerprint density at radius 2 is 2.06 bits per heavy atom. The van der Waals surface area contributed by atoms with Crippen molar-refractivity contribution in [3.63, 3.8) is 0 Å². The van der Waals surface area contributed by atoms with E-state index >= 15 is 0 Å². The second-order valence-electron chi connectivity index (χ2n) is 5.16. The highest BCUT2D eigenvalue weighted by Crippen LogP contribution is 2.46. The smallest absolute Gasteiger partial charge is 0.184 e. The summed E-state index contributed by atoms with van der Waals surface area (Å²) in [6.07, 6.45) is 6.47. The molecule has 90 valence electrons. The van der Waals surface area contributed by atoms with Crippen LogP contribution < -0.4 is 0 Å². The summed E-state index contributed by atoms with van der Waals surface area (Å²) in [6, 6.07) is 3.87. The number of pyridine rings is 1. The molecule has 0 aliphatic carbocycles. The molecular formula is C14H17NOS. The van der Waals surface area contributed by atoms with Crippen LogP contribution in [0.4, 0.5) is 0 Å². The van der Waals surface area contributed by atoms with Gasteiger partial charge in [-0.3, -0.25) is 9.78 Å². The molecule has 1 aromatic heterocycles. The third-order valence-corrected chi connectivity index (χ3v) is 5.53. The summed E-state index contributed by atoms with van der Waals surface area (Å²) in [7, 11) is 0. The number of carbonyl (C=O) groups excluding carboxylic acids is 1. The van der Waals surface area contributed by atoms with E-state index in [1.54, 1.807) is 6.20 Å².